The van der Waals surface area contributed by atoms with Gasteiger partial charge in [0, 0.05) is 0 Å². The number of esters is 1. The molecule has 1 fully saturated rings. The Balaban J connectivity index is 2.54. The van der Waals surface area contributed by atoms with Gasteiger partial charge in [-0.05, 0) is 50.4 Å². The molecule has 1 saturated carbocycles. The Hall–Kier alpha value is -0.530. The maximum Gasteiger partial charge on any atom is 0.309 e. The topological polar surface area (TPSA) is 26.3 Å². The second kappa shape index (κ2) is 6.49. The lowest BCUT2D eigenvalue weighted by Crippen LogP contribution is -2.40. The Labute approximate surface area is 125 Å². The lowest BCUT2D eigenvalue weighted by atomic mass is 9.75. The number of carbonyl (C=O) groups is 1. The van der Waals surface area contributed by atoms with Crippen molar-refractivity contribution in [3.05, 3.63) is 0 Å². The third kappa shape index (κ3) is 5.46. The standard InChI is InChI=1S/C18H34O2/c1-13-8-10-15(11-9-13)18(6,7)20-16(19)14(2)12-17(3,4)5/h13-15H,8-12H2,1-7H3. The molecule has 0 aromatic heterocycles. The first-order valence-corrected chi connectivity index (χ1v) is 8.24. The van der Waals surface area contributed by atoms with Crippen molar-refractivity contribution < 1.29 is 9.53 Å². The van der Waals surface area contributed by atoms with Gasteiger partial charge in [-0.3, -0.25) is 4.79 Å². The molecule has 0 aromatic carbocycles. The summed E-state index contributed by atoms with van der Waals surface area (Å²) in [6.07, 6.45) is 5.79. The van der Waals surface area contributed by atoms with E-state index < -0.39 is 0 Å². The minimum atomic E-state index is -0.316. The number of ether oxygens (including phenoxy) is 1. The zero-order chi connectivity index (χ0) is 15.6. The summed E-state index contributed by atoms with van der Waals surface area (Å²) in [4.78, 5) is 12.3. The van der Waals surface area contributed by atoms with Crippen molar-refractivity contribution in [3.63, 3.8) is 0 Å². The Morgan fingerprint density at radius 1 is 1.10 bits per heavy atom. The molecule has 0 radical (unpaired) electrons. The second-order valence-corrected chi connectivity index (χ2v) is 8.65. The summed E-state index contributed by atoms with van der Waals surface area (Å²) in [5.41, 5.74) is -0.147. The summed E-state index contributed by atoms with van der Waals surface area (Å²) >= 11 is 0. The molecule has 1 atom stereocenters. The molecular formula is C18H34O2. The van der Waals surface area contributed by atoms with Gasteiger partial charge in [-0.15, -0.1) is 0 Å². The van der Waals surface area contributed by atoms with E-state index in [9.17, 15) is 4.79 Å². The fourth-order valence-corrected chi connectivity index (χ4v) is 3.40. The van der Waals surface area contributed by atoms with E-state index in [4.69, 9.17) is 4.74 Å². The van der Waals surface area contributed by atoms with Crippen LogP contribution >= 0.6 is 0 Å². The minimum absolute atomic E-state index is 0.0169. The van der Waals surface area contributed by atoms with Gasteiger partial charge >= 0.3 is 5.97 Å². The van der Waals surface area contributed by atoms with E-state index >= 15 is 0 Å². The zero-order valence-electron chi connectivity index (χ0n) is 14.6. The zero-order valence-corrected chi connectivity index (χ0v) is 14.6. The van der Waals surface area contributed by atoms with Crippen LogP contribution in [0, 0.1) is 23.2 Å². The number of carbonyl (C=O) groups excluding carboxylic acids is 1. The van der Waals surface area contributed by atoms with Crippen LogP contribution in [0.4, 0.5) is 0 Å². The van der Waals surface area contributed by atoms with Gasteiger partial charge in [0.2, 0.25) is 0 Å². The predicted molar refractivity (Wildman–Crippen MR) is 84.5 cm³/mol. The Morgan fingerprint density at radius 3 is 2.05 bits per heavy atom. The van der Waals surface area contributed by atoms with Crippen molar-refractivity contribution in [2.75, 3.05) is 0 Å². The molecule has 0 heterocycles. The molecule has 0 aromatic rings. The van der Waals surface area contributed by atoms with E-state index in [1.54, 1.807) is 0 Å². The fraction of sp³-hybridized carbons (Fsp3) is 0.944. The molecular weight excluding hydrogens is 248 g/mol. The lowest BCUT2D eigenvalue weighted by Gasteiger charge is -2.39. The highest BCUT2D eigenvalue weighted by atomic mass is 16.6. The summed E-state index contributed by atoms with van der Waals surface area (Å²) in [5, 5.41) is 0. The number of hydrogen-bond acceptors (Lipinski definition) is 2. The van der Waals surface area contributed by atoms with Crippen molar-refractivity contribution in [2.45, 2.75) is 86.2 Å². The molecule has 2 heteroatoms. The third-order valence-electron chi connectivity index (χ3n) is 4.68. The Kier molecular flexibility index (Phi) is 5.69. The van der Waals surface area contributed by atoms with Gasteiger partial charge in [-0.2, -0.15) is 0 Å². The normalized spacial score (nSPS) is 26.1. The Morgan fingerprint density at radius 2 is 1.60 bits per heavy atom. The first-order chi connectivity index (χ1) is 9.01. The van der Waals surface area contributed by atoms with E-state index in [0.717, 1.165) is 12.3 Å². The van der Waals surface area contributed by atoms with Crippen LogP contribution in [-0.2, 0) is 9.53 Å². The van der Waals surface area contributed by atoms with Crippen LogP contribution in [0.5, 0.6) is 0 Å². The third-order valence-corrected chi connectivity index (χ3v) is 4.68. The highest BCUT2D eigenvalue weighted by Gasteiger charge is 2.36. The lowest BCUT2D eigenvalue weighted by molar-refractivity contribution is -0.168. The summed E-state index contributed by atoms with van der Waals surface area (Å²) in [7, 11) is 0. The molecule has 1 unspecified atom stereocenters. The minimum Gasteiger partial charge on any atom is -0.459 e. The summed E-state index contributed by atoms with van der Waals surface area (Å²) in [6, 6.07) is 0. The number of hydrogen-bond donors (Lipinski definition) is 0. The summed E-state index contributed by atoms with van der Waals surface area (Å²) in [6.45, 7) is 15.0. The quantitative estimate of drug-likeness (QED) is 0.662. The van der Waals surface area contributed by atoms with Crippen LogP contribution in [0.2, 0.25) is 0 Å². The van der Waals surface area contributed by atoms with Crippen LogP contribution in [-0.4, -0.2) is 11.6 Å². The molecule has 1 aliphatic rings. The predicted octanol–water partition coefficient (Wildman–Crippen LogP) is 5.21. The average Bonchev–Trinajstić information content (AvgIpc) is 2.26. The van der Waals surface area contributed by atoms with Crippen molar-refractivity contribution >= 4 is 5.97 Å². The van der Waals surface area contributed by atoms with Crippen molar-refractivity contribution in [1.29, 1.82) is 0 Å². The molecule has 0 saturated heterocycles. The highest BCUT2D eigenvalue weighted by Crippen LogP contribution is 2.38. The smallest absolute Gasteiger partial charge is 0.309 e. The largest absolute Gasteiger partial charge is 0.459 e. The van der Waals surface area contributed by atoms with E-state index in [2.05, 4.69) is 41.5 Å². The Bertz CT molecular complexity index is 317. The van der Waals surface area contributed by atoms with Crippen molar-refractivity contribution in [2.24, 2.45) is 23.2 Å². The summed E-state index contributed by atoms with van der Waals surface area (Å²) in [5.74, 6) is 1.31. The van der Waals surface area contributed by atoms with Crippen LogP contribution in [0.25, 0.3) is 0 Å². The molecule has 118 valence electrons. The van der Waals surface area contributed by atoms with Gasteiger partial charge < -0.3 is 4.74 Å². The average molecular weight is 282 g/mol. The van der Waals surface area contributed by atoms with Crippen LogP contribution < -0.4 is 0 Å². The van der Waals surface area contributed by atoms with Crippen LogP contribution in [0.15, 0.2) is 0 Å². The molecule has 1 aliphatic carbocycles. The number of rotatable bonds is 4. The van der Waals surface area contributed by atoms with Gasteiger partial charge in [0.25, 0.3) is 0 Å². The van der Waals surface area contributed by atoms with Gasteiger partial charge in [0.1, 0.15) is 5.60 Å². The van der Waals surface area contributed by atoms with E-state index in [1.165, 1.54) is 25.7 Å². The second-order valence-electron chi connectivity index (χ2n) is 8.65. The van der Waals surface area contributed by atoms with Crippen molar-refractivity contribution in [3.8, 4) is 0 Å². The maximum absolute atomic E-state index is 12.3. The van der Waals surface area contributed by atoms with E-state index in [-0.39, 0.29) is 22.9 Å². The van der Waals surface area contributed by atoms with E-state index in [1.807, 2.05) is 6.92 Å². The molecule has 0 bridgehead atoms. The molecule has 20 heavy (non-hydrogen) atoms. The molecule has 0 N–H and O–H groups in total. The molecule has 1 rings (SSSR count). The highest BCUT2D eigenvalue weighted by molar-refractivity contribution is 5.72. The van der Waals surface area contributed by atoms with Gasteiger partial charge in [-0.1, -0.05) is 47.5 Å². The molecule has 0 amide bonds. The van der Waals surface area contributed by atoms with Gasteiger partial charge in [0.15, 0.2) is 0 Å². The molecule has 0 spiro atoms. The monoisotopic (exact) mass is 282 g/mol. The molecule has 0 aliphatic heterocycles. The van der Waals surface area contributed by atoms with E-state index in [0.29, 0.717) is 5.92 Å². The summed E-state index contributed by atoms with van der Waals surface area (Å²) < 4.78 is 5.88. The van der Waals surface area contributed by atoms with Crippen molar-refractivity contribution in [1.82, 2.24) is 0 Å². The van der Waals surface area contributed by atoms with Crippen LogP contribution in [0.1, 0.15) is 80.6 Å². The van der Waals surface area contributed by atoms with Gasteiger partial charge in [-0.25, -0.2) is 0 Å². The first kappa shape index (κ1) is 17.5. The molecule has 2 nitrogen and oxygen atoms in total. The van der Waals surface area contributed by atoms with Gasteiger partial charge in [0.05, 0.1) is 5.92 Å². The fourth-order valence-electron chi connectivity index (χ4n) is 3.40. The first-order valence-electron chi connectivity index (χ1n) is 8.24. The SMILES string of the molecule is CC1CCC(C(C)(C)OC(=O)C(C)CC(C)(C)C)CC1. The van der Waals surface area contributed by atoms with Crippen LogP contribution in [0.3, 0.4) is 0 Å². The maximum atomic E-state index is 12.3.